The standard InChI is InChI=1S/C17H22FN5O4S/c1-10(8-26-3)23-14(9-27-13-7-5-4-6-12(13)18)21-22-17(23)28-11(2)15(24)20-16(19)25/h4-7,10-11H,8-9H2,1-3H3,(H3,19,20,24,25)/t10-,11-/m1/s1. The number of ether oxygens (including phenoxy) is 2. The third-order valence-corrected chi connectivity index (χ3v) is 4.73. The van der Waals surface area contributed by atoms with Crippen LogP contribution < -0.4 is 15.8 Å². The van der Waals surface area contributed by atoms with Gasteiger partial charge in [0.05, 0.1) is 17.9 Å². The number of urea groups is 1. The van der Waals surface area contributed by atoms with Gasteiger partial charge in [-0.15, -0.1) is 10.2 Å². The third kappa shape index (κ3) is 5.67. The Morgan fingerprint density at radius 3 is 2.68 bits per heavy atom. The predicted molar refractivity (Wildman–Crippen MR) is 100 cm³/mol. The molecule has 3 amide bonds. The van der Waals surface area contributed by atoms with E-state index in [0.717, 1.165) is 11.8 Å². The van der Waals surface area contributed by atoms with E-state index in [0.29, 0.717) is 17.6 Å². The molecule has 0 saturated carbocycles. The van der Waals surface area contributed by atoms with Gasteiger partial charge in [-0.3, -0.25) is 14.7 Å². The van der Waals surface area contributed by atoms with Gasteiger partial charge in [0.1, 0.15) is 6.61 Å². The number of nitrogens with two attached hydrogens (primary N) is 1. The summed E-state index contributed by atoms with van der Waals surface area (Å²) >= 11 is 1.10. The Hall–Kier alpha value is -2.66. The molecule has 3 N–H and O–H groups in total. The second-order valence-electron chi connectivity index (χ2n) is 5.91. The number of rotatable bonds is 9. The van der Waals surface area contributed by atoms with E-state index in [4.69, 9.17) is 15.2 Å². The summed E-state index contributed by atoms with van der Waals surface area (Å²) in [5.74, 6) is -0.488. The summed E-state index contributed by atoms with van der Waals surface area (Å²) in [6, 6.07) is 4.95. The number of thioether (sulfide) groups is 1. The number of primary amides is 1. The first-order valence-corrected chi connectivity index (χ1v) is 9.28. The molecule has 0 aliphatic heterocycles. The van der Waals surface area contributed by atoms with Gasteiger partial charge in [0.25, 0.3) is 0 Å². The summed E-state index contributed by atoms with van der Waals surface area (Å²) in [5.41, 5.74) is 4.98. The van der Waals surface area contributed by atoms with E-state index in [1.807, 2.05) is 12.2 Å². The van der Waals surface area contributed by atoms with Crippen molar-refractivity contribution < 1.29 is 23.5 Å². The number of nitrogens with one attached hydrogen (secondary N) is 1. The van der Waals surface area contributed by atoms with Crippen LogP contribution in [0.3, 0.4) is 0 Å². The summed E-state index contributed by atoms with van der Waals surface area (Å²) in [5, 5.41) is 10.0. The van der Waals surface area contributed by atoms with Gasteiger partial charge in [0.15, 0.2) is 22.5 Å². The summed E-state index contributed by atoms with van der Waals surface area (Å²) in [6.07, 6.45) is 0. The van der Waals surface area contributed by atoms with Crippen LogP contribution in [0.2, 0.25) is 0 Å². The quantitative estimate of drug-likeness (QED) is 0.604. The molecule has 9 nitrogen and oxygen atoms in total. The van der Waals surface area contributed by atoms with Crippen LogP contribution in [0.1, 0.15) is 25.7 Å². The van der Waals surface area contributed by atoms with Gasteiger partial charge < -0.3 is 15.2 Å². The van der Waals surface area contributed by atoms with Gasteiger partial charge in [0.2, 0.25) is 5.91 Å². The number of benzene rings is 1. The van der Waals surface area contributed by atoms with Crippen LogP contribution in [-0.2, 0) is 16.1 Å². The fraction of sp³-hybridized carbons (Fsp3) is 0.412. The van der Waals surface area contributed by atoms with Crippen molar-refractivity contribution in [1.29, 1.82) is 0 Å². The van der Waals surface area contributed by atoms with Crippen LogP contribution in [-0.4, -0.2) is 45.7 Å². The van der Waals surface area contributed by atoms with Gasteiger partial charge in [-0.25, -0.2) is 9.18 Å². The number of carbonyl (C=O) groups is 2. The first kappa shape index (κ1) is 21.6. The Morgan fingerprint density at radius 2 is 2.04 bits per heavy atom. The highest BCUT2D eigenvalue weighted by atomic mass is 32.2. The number of halogens is 1. The van der Waals surface area contributed by atoms with Crippen LogP contribution in [0.4, 0.5) is 9.18 Å². The molecule has 2 atom stereocenters. The molecule has 0 bridgehead atoms. The third-order valence-electron chi connectivity index (χ3n) is 3.68. The number of para-hydroxylation sites is 1. The molecule has 0 fully saturated rings. The van der Waals surface area contributed by atoms with E-state index in [2.05, 4.69) is 10.2 Å². The molecule has 28 heavy (non-hydrogen) atoms. The molecule has 0 unspecified atom stereocenters. The average Bonchev–Trinajstić information content (AvgIpc) is 3.03. The number of nitrogens with zero attached hydrogens (tertiary/aromatic N) is 3. The minimum Gasteiger partial charge on any atom is -0.483 e. The zero-order chi connectivity index (χ0) is 20.7. The van der Waals surface area contributed by atoms with E-state index in [1.54, 1.807) is 30.7 Å². The topological polar surface area (TPSA) is 121 Å². The lowest BCUT2D eigenvalue weighted by Gasteiger charge is -2.18. The molecule has 1 heterocycles. The maximum atomic E-state index is 13.8. The molecule has 0 aliphatic carbocycles. The minimum absolute atomic E-state index is 0.0234. The number of amides is 3. The largest absolute Gasteiger partial charge is 0.483 e. The van der Waals surface area contributed by atoms with Crippen molar-refractivity contribution >= 4 is 23.7 Å². The Bertz CT molecular complexity index is 832. The van der Waals surface area contributed by atoms with Gasteiger partial charge in [-0.2, -0.15) is 0 Å². The van der Waals surface area contributed by atoms with Gasteiger partial charge in [0, 0.05) is 7.11 Å². The van der Waals surface area contributed by atoms with Crippen LogP contribution >= 0.6 is 11.8 Å². The van der Waals surface area contributed by atoms with Gasteiger partial charge >= 0.3 is 6.03 Å². The van der Waals surface area contributed by atoms with E-state index in [9.17, 15) is 14.0 Å². The lowest BCUT2D eigenvalue weighted by molar-refractivity contribution is -0.119. The molecule has 2 rings (SSSR count). The molecule has 0 spiro atoms. The Balaban J connectivity index is 2.20. The van der Waals surface area contributed by atoms with Gasteiger partial charge in [-0.1, -0.05) is 23.9 Å². The normalized spacial score (nSPS) is 13.0. The Labute approximate surface area is 165 Å². The number of aromatic nitrogens is 3. The van der Waals surface area contributed by atoms with Crippen molar-refractivity contribution in [3.63, 3.8) is 0 Å². The van der Waals surface area contributed by atoms with Crippen molar-refractivity contribution in [2.24, 2.45) is 5.73 Å². The smallest absolute Gasteiger partial charge is 0.318 e. The van der Waals surface area contributed by atoms with Crippen molar-refractivity contribution in [3.8, 4) is 5.75 Å². The highest BCUT2D eigenvalue weighted by Gasteiger charge is 2.24. The number of imide groups is 1. The zero-order valence-corrected chi connectivity index (χ0v) is 16.5. The number of methoxy groups -OCH3 is 1. The molecule has 2 aromatic rings. The van der Waals surface area contributed by atoms with E-state index in [1.165, 1.54) is 12.1 Å². The first-order chi connectivity index (χ1) is 13.3. The first-order valence-electron chi connectivity index (χ1n) is 8.40. The van der Waals surface area contributed by atoms with Crippen LogP contribution in [0.25, 0.3) is 0 Å². The maximum Gasteiger partial charge on any atom is 0.318 e. The second kappa shape index (κ2) is 10.0. The molecule has 11 heteroatoms. The van der Waals surface area contributed by atoms with Crippen LogP contribution in [0, 0.1) is 5.82 Å². The molecule has 1 aromatic carbocycles. The molecular formula is C17H22FN5O4S. The van der Waals surface area contributed by atoms with Crippen molar-refractivity contribution in [3.05, 3.63) is 35.9 Å². The molecule has 0 radical (unpaired) electrons. The molecule has 0 saturated heterocycles. The van der Waals surface area contributed by atoms with E-state index < -0.39 is 23.0 Å². The zero-order valence-electron chi connectivity index (χ0n) is 15.7. The number of hydrogen-bond acceptors (Lipinski definition) is 7. The summed E-state index contributed by atoms with van der Waals surface area (Å²) in [6.45, 7) is 3.83. The molecular weight excluding hydrogens is 389 g/mol. The Kier molecular flexibility index (Phi) is 7.76. The summed E-state index contributed by atoms with van der Waals surface area (Å²) in [4.78, 5) is 22.8. The number of hydrogen-bond donors (Lipinski definition) is 2. The fourth-order valence-electron chi connectivity index (χ4n) is 2.38. The van der Waals surface area contributed by atoms with Crippen molar-refractivity contribution in [2.75, 3.05) is 13.7 Å². The molecule has 152 valence electrons. The van der Waals surface area contributed by atoms with Crippen LogP contribution in [0.15, 0.2) is 29.4 Å². The SMILES string of the molecule is COC[C@@H](C)n1c(COc2ccccc2F)nnc1S[C@H](C)C(=O)NC(N)=O. The van der Waals surface area contributed by atoms with Gasteiger partial charge in [-0.05, 0) is 26.0 Å². The van der Waals surface area contributed by atoms with E-state index in [-0.39, 0.29) is 18.4 Å². The summed E-state index contributed by atoms with van der Waals surface area (Å²) in [7, 11) is 1.56. The average molecular weight is 411 g/mol. The Morgan fingerprint density at radius 1 is 1.32 bits per heavy atom. The van der Waals surface area contributed by atoms with E-state index >= 15 is 0 Å². The lowest BCUT2D eigenvalue weighted by atomic mass is 10.3. The molecule has 0 aliphatic rings. The second-order valence-corrected chi connectivity index (χ2v) is 7.21. The molecule has 1 aromatic heterocycles. The fourth-order valence-corrected chi connectivity index (χ4v) is 3.35. The van der Waals surface area contributed by atoms with Crippen LogP contribution in [0.5, 0.6) is 5.75 Å². The highest BCUT2D eigenvalue weighted by Crippen LogP contribution is 2.27. The lowest BCUT2D eigenvalue weighted by Crippen LogP contribution is -2.39. The monoisotopic (exact) mass is 411 g/mol. The number of carbonyl (C=O) groups excluding carboxylic acids is 2. The summed E-state index contributed by atoms with van der Waals surface area (Å²) < 4.78 is 26.2. The minimum atomic E-state index is -0.925. The maximum absolute atomic E-state index is 13.8. The van der Waals surface area contributed by atoms with Crippen molar-refractivity contribution in [1.82, 2.24) is 20.1 Å². The highest BCUT2D eigenvalue weighted by molar-refractivity contribution is 8.00. The van der Waals surface area contributed by atoms with Crippen molar-refractivity contribution in [2.45, 2.75) is 36.9 Å². The predicted octanol–water partition coefficient (Wildman–Crippen LogP) is 1.88.